The maximum absolute atomic E-state index is 5.96. The molecule has 1 N–H and O–H groups in total. The number of halogens is 1. The topological polar surface area (TPSA) is 24.5 Å². The average Bonchev–Trinajstić information content (AvgIpc) is 2.92. The standard InChI is InChI=1S/C16H15ClN2O/c17-12-7-5-11(6-8-12)14-9-13-10-20-16-4-2-1-3-15(16)19(13)18-14/h1-8,13-14,18H,9-10H2. The molecule has 0 bridgehead atoms. The zero-order valence-corrected chi connectivity index (χ0v) is 11.7. The molecular formula is C16H15ClN2O. The Balaban J connectivity index is 1.63. The molecule has 2 aliphatic heterocycles. The molecule has 2 aromatic rings. The summed E-state index contributed by atoms with van der Waals surface area (Å²) in [6, 6.07) is 16.9. The van der Waals surface area contributed by atoms with Crippen LogP contribution >= 0.6 is 11.6 Å². The highest BCUT2D eigenvalue weighted by Gasteiger charge is 2.37. The van der Waals surface area contributed by atoms with E-state index < -0.39 is 0 Å². The third kappa shape index (κ3) is 1.94. The predicted octanol–water partition coefficient (Wildman–Crippen LogP) is 3.56. The van der Waals surface area contributed by atoms with Gasteiger partial charge in [0.1, 0.15) is 12.4 Å². The number of rotatable bonds is 1. The molecular weight excluding hydrogens is 272 g/mol. The smallest absolute Gasteiger partial charge is 0.144 e. The van der Waals surface area contributed by atoms with Gasteiger partial charge in [-0.3, -0.25) is 5.01 Å². The van der Waals surface area contributed by atoms with Crippen LogP contribution in [0.3, 0.4) is 0 Å². The van der Waals surface area contributed by atoms with Crippen molar-refractivity contribution in [1.82, 2.24) is 5.43 Å². The fourth-order valence-corrected chi connectivity index (χ4v) is 3.11. The molecule has 4 rings (SSSR count). The maximum Gasteiger partial charge on any atom is 0.144 e. The second-order valence-electron chi connectivity index (χ2n) is 5.27. The van der Waals surface area contributed by atoms with Gasteiger partial charge in [0.2, 0.25) is 0 Å². The van der Waals surface area contributed by atoms with Gasteiger partial charge in [-0.1, -0.05) is 35.9 Å². The monoisotopic (exact) mass is 286 g/mol. The average molecular weight is 287 g/mol. The molecule has 20 heavy (non-hydrogen) atoms. The first kappa shape index (κ1) is 12.1. The van der Waals surface area contributed by atoms with Gasteiger partial charge in [-0.2, -0.15) is 0 Å². The molecule has 0 aliphatic carbocycles. The second-order valence-corrected chi connectivity index (χ2v) is 5.71. The SMILES string of the molecule is Clc1ccc(C2CC3COc4ccccc4N3N2)cc1. The van der Waals surface area contributed by atoms with Crippen LogP contribution in [0.1, 0.15) is 18.0 Å². The number of hydrogen-bond donors (Lipinski definition) is 1. The maximum atomic E-state index is 5.96. The van der Waals surface area contributed by atoms with Gasteiger partial charge in [0, 0.05) is 5.02 Å². The highest BCUT2D eigenvalue weighted by Crippen LogP contribution is 2.39. The van der Waals surface area contributed by atoms with E-state index in [2.05, 4.69) is 28.6 Å². The Hall–Kier alpha value is -1.71. The Morgan fingerprint density at radius 2 is 1.90 bits per heavy atom. The minimum Gasteiger partial charge on any atom is -0.489 e. The van der Waals surface area contributed by atoms with Crippen molar-refractivity contribution in [1.29, 1.82) is 0 Å². The van der Waals surface area contributed by atoms with Gasteiger partial charge in [0.15, 0.2) is 0 Å². The Morgan fingerprint density at radius 3 is 2.75 bits per heavy atom. The first-order valence-electron chi connectivity index (χ1n) is 6.84. The van der Waals surface area contributed by atoms with E-state index in [0.717, 1.165) is 29.5 Å². The largest absolute Gasteiger partial charge is 0.489 e. The summed E-state index contributed by atoms with van der Waals surface area (Å²) in [6.45, 7) is 0.730. The third-order valence-corrected chi connectivity index (χ3v) is 4.25. The predicted molar refractivity (Wildman–Crippen MR) is 80.1 cm³/mol. The van der Waals surface area contributed by atoms with Gasteiger partial charge in [-0.05, 0) is 36.2 Å². The van der Waals surface area contributed by atoms with Crippen molar-refractivity contribution in [3.8, 4) is 5.75 Å². The summed E-state index contributed by atoms with van der Waals surface area (Å²) in [5.41, 5.74) is 5.99. The first-order chi connectivity index (χ1) is 9.81. The van der Waals surface area contributed by atoms with E-state index in [1.54, 1.807) is 0 Å². The second kappa shape index (κ2) is 4.69. The van der Waals surface area contributed by atoms with Gasteiger partial charge in [-0.15, -0.1) is 0 Å². The Kier molecular flexibility index (Phi) is 2.83. The Morgan fingerprint density at radius 1 is 1.10 bits per heavy atom. The summed E-state index contributed by atoms with van der Waals surface area (Å²) in [4.78, 5) is 0. The van der Waals surface area contributed by atoms with Crippen LogP contribution in [0.4, 0.5) is 5.69 Å². The van der Waals surface area contributed by atoms with E-state index in [0.29, 0.717) is 12.1 Å². The van der Waals surface area contributed by atoms with Gasteiger partial charge < -0.3 is 4.74 Å². The normalized spacial score (nSPS) is 23.9. The lowest BCUT2D eigenvalue weighted by Crippen LogP contribution is -2.43. The van der Waals surface area contributed by atoms with Crippen LogP contribution in [0.15, 0.2) is 48.5 Å². The van der Waals surface area contributed by atoms with E-state index in [1.807, 2.05) is 30.3 Å². The molecule has 0 radical (unpaired) electrons. The summed E-state index contributed by atoms with van der Waals surface area (Å²) in [7, 11) is 0. The molecule has 0 spiro atoms. The van der Waals surface area contributed by atoms with Crippen molar-refractivity contribution < 1.29 is 4.74 Å². The summed E-state index contributed by atoms with van der Waals surface area (Å²) in [5, 5.41) is 3.02. The number of hydrogen-bond acceptors (Lipinski definition) is 3. The van der Waals surface area contributed by atoms with E-state index >= 15 is 0 Å². The van der Waals surface area contributed by atoms with Gasteiger partial charge in [-0.25, -0.2) is 5.43 Å². The van der Waals surface area contributed by atoms with E-state index in [-0.39, 0.29) is 0 Å². The lowest BCUT2D eigenvalue weighted by Gasteiger charge is -2.32. The van der Waals surface area contributed by atoms with Crippen LogP contribution < -0.4 is 15.2 Å². The fourth-order valence-electron chi connectivity index (χ4n) is 2.98. The van der Waals surface area contributed by atoms with E-state index in [1.165, 1.54) is 5.56 Å². The fraction of sp³-hybridized carbons (Fsp3) is 0.250. The molecule has 102 valence electrons. The molecule has 2 atom stereocenters. The number of hydrazine groups is 1. The molecule has 2 unspecified atom stereocenters. The quantitative estimate of drug-likeness (QED) is 0.867. The van der Waals surface area contributed by atoms with Crippen molar-refractivity contribution in [3.63, 3.8) is 0 Å². The Labute approximate surface area is 123 Å². The molecule has 3 nitrogen and oxygen atoms in total. The highest BCUT2D eigenvalue weighted by atomic mass is 35.5. The number of nitrogens with one attached hydrogen (secondary N) is 1. The molecule has 2 aliphatic rings. The van der Waals surface area contributed by atoms with Gasteiger partial charge >= 0.3 is 0 Å². The minimum absolute atomic E-state index is 0.312. The summed E-state index contributed by atoms with van der Waals surface area (Å²) < 4.78 is 5.84. The summed E-state index contributed by atoms with van der Waals surface area (Å²) in [6.07, 6.45) is 1.04. The molecule has 2 heterocycles. The van der Waals surface area contributed by atoms with Crippen LogP contribution in [0, 0.1) is 0 Å². The zero-order valence-electron chi connectivity index (χ0n) is 10.9. The van der Waals surface area contributed by atoms with Gasteiger partial charge in [0.25, 0.3) is 0 Å². The van der Waals surface area contributed by atoms with E-state index in [9.17, 15) is 0 Å². The highest BCUT2D eigenvalue weighted by molar-refractivity contribution is 6.30. The number of fused-ring (bicyclic) bond motifs is 3. The van der Waals surface area contributed by atoms with Crippen LogP contribution in [0.25, 0.3) is 0 Å². The van der Waals surface area contributed by atoms with Crippen molar-refractivity contribution in [3.05, 3.63) is 59.1 Å². The number of nitrogens with zero attached hydrogens (tertiary/aromatic N) is 1. The zero-order chi connectivity index (χ0) is 13.5. The number of anilines is 1. The third-order valence-electron chi connectivity index (χ3n) is 4.00. The Bertz CT molecular complexity index is 629. The molecule has 0 amide bonds. The summed E-state index contributed by atoms with van der Waals surface area (Å²) >= 11 is 5.96. The van der Waals surface area contributed by atoms with Crippen LogP contribution in [0.2, 0.25) is 5.02 Å². The van der Waals surface area contributed by atoms with Crippen molar-refractivity contribution in [2.45, 2.75) is 18.5 Å². The summed E-state index contributed by atoms with van der Waals surface area (Å²) in [5.74, 6) is 0.952. The molecule has 4 heteroatoms. The number of benzene rings is 2. The number of ether oxygens (including phenoxy) is 1. The molecule has 0 saturated carbocycles. The molecule has 0 aromatic heterocycles. The lowest BCUT2D eigenvalue weighted by atomic mass is 10.0. The lowest BCUT2D eigenvalue weighted by molar-refractivity contribution is 0.268. The van der Waals surface area contributed by atoms with E-state index in [4.69, 9.17) is 16.3 Å². The first-order valence-corrected chi connectivity index (χ1v) is 7.22. The van der Waals surface area contributed by atoms with Crippen LogP contribution in [0.5, 0.6) is 5.75 Å². The number of para-hydroxylation sites is 2. The minimum atomic E-state index is 0.312. The van der Waals surface area contributed by atoms with Crippen LogP contribution in [-0.2, 0) is 0 Å². The molecule has 1 saturated heterocycles. The van der Waals surface area contributed by atoms with Crippen LogP contribution in [-0.4, -0.2) is 12.6 Å². The van der Waals surface area contributed by atoms with Crippen molar-refractivity contribution in [2.75, 3.05) is 11.6 Å². The molecule has 1 fully saturated rings. The molecule has 2 aromatic carbocycles. The van der Waals surface area contributed by atoms with Crippen molar-refractivity contribution in [2.24, 2.45) is 0 Å². The van der Waals surface area contributed by atoms with Crippen molar-refractivity contribution >= 4 is 17.3 Å². The van der Waals surface area contributed by atoms with Gasteiger partial charge in [0.05, 0.1) is 17.8 Å².